The highest BCUT2D eigenvalue weighted by Crippen LogP contribution is 2.24. The second kappa shape index (κ2) is 7.76. The van der Waals surface area contributed by atoms with Crippen molar-refractivity contribution < 1.29 is 4.74 Å². The van der Waals surface area contributed by atoms with Gasteiger partial charge in [-0.25, -0.2) is 0 Å². The van der Waals surface area contributed by atoms with Crippen LogP contribution in [0.4, 0.5) is 0 Å². The number of aryl methyl sites for hydroxylation is 1. The van der Waals surface area contributed by atoms with Crippen molar-refractivity contribution in [3.05, 3.63) is 23.5 Å². The van der Waals surface area contributed by atoms with Gasteiger partial charge >= 0.3 is 0 Å². The van der Waals surface area contributed by atoms with Crippen molar-refractivity contribution in [2.75, 3.05) is 20.7 Å². The molecule has 4 nitrogen and oxygen atoms in total. The molecule has 0 aromatic carbocycles. The Kier molecular flexibility index (Phi) is 6.00. The fourth-order valence-corrected chi connectivity index (χ4v) is 3.30. The quantitative estimate of drug-likeness (QED) is 0.874. The molecule has 0 saturated heterocycles. The number of nitrogens with zero attached hydrogens (tertiary/aromatic N) is 2. The summed E-state index contributed by atoms with van der Waals surface area (Å²) in [5.74, 6) is 0.904. The minimum atomic E-state index is 0.674. The van der Waals surface area contributed by atoms with Crippen LogP contribution in [-0.2, 0) is 6.54 Å². The van der Waals surface area contributed by atoms with Gasteiger partial charge in [0.2, 0.25) is 0 Å². The van der Waals surface area contributed by atoms with Crippen molar-refractivity contribution >= 4 is 0 Å². The predicted molar refractivity (Wildman–Crippen MR) is 86.7 cm³/mol. The number of aromatic nitrogens is 1. The van der Waals surface area contributed by atoms with Gasteiger partial charge in [0.25, 0.3) is 0 Å². The lowest BCUT2D eigenvalue weighted by atomic mass is 9.90. The Morgan fingerprint density at radius 1 is 1.29 bits per heavy atom. The fraction of sp³-hybridized carbons (Fsp3) is 0.706. The maximum Gasteiger partial charge on any atom is 0.122 e. The first-order valence-electron chi connectivity index (χ1n) is 8.07. The smallest absolute Gasteiger partial charge is 0.122 e. The second-order valence-corrected chi connectivity index (χ2v) is 6.12. The van der Waals surface area contributed by atoms with Gasteiger partial charge in [0, 0.05) is 36.5 Å². The zero-order valence-electron chi connectivity index (χ0n) is 13.9. The van der Waals surface area contributed by atoms with E-state index in [-0.39, 0.29) is 0 Å². The number of hydrogen-bond acceptors (Lipinski definition) is 4. The van der Waals surface area contributed by atoms with Crippen LogP contribution < -0.4 is 10.1 Å². The zero-order valence-corrected chi connectivity index (χ0v) is 13.9. The summed E-state index contributed by atoms with van der Waals surface area (Å²) in [4.78, 5) is 7.07. The first kappa shape index (κ1) is 16.2. The number of methoxy groups -OCH3 is 1. The predicted octanol–water partition coefficient (Wildman–Crippen LogP) is 2.75. The number of pyridine rings is 1. The largest absolute Gasteiger partial charge is 0.497 e. The van der Waals surface area contributed by atoms with E-state index in [0.29, 0.717) is 6.04 Å². The molecule has 4 heteroatoms. The Balaban J connectivity index is 1.90. The van der Waals surface area contributed by atoms with Crippen molar-refractivity contribution in [1.29, 1.82) is 0 Å². The lowest BCUT2D eigenvalue weighted by Gasteiger charge is -2.34. The molecule has 0 unspecified atom stereocenters. The first-order valence-corrected chi connectivity index (χ1v) is 8.07. The van der Waals surface area contributed by atoms with E-state index in [1.165, 1.54) is 25.7 Å². The van der Waals surface area contributed by atoms with Crippen molar-refractivity contribution in [3.63, 3.8) is 0 Å². The van der Waals surface area contributed by atoms with Crippen LogP contribution in [-0.4, -0.2) is 42.7 Å². The molecule has 21 heavy (non-hydrogen) atoms. The Morgan fingerprint density at radius 3 is 2.62 bits per heavy atom. The fourth-order valence-electron chi connectivity index (χ4n) is 3.30. The summed E-state index contributed by atoms with van der Waals surface area (Å²) in [5.41, 5.74) is 2.12. The van der Waals surface area contributed by atoms with E-state index in [4.69, 9.17) is 4.74 Å². The maximum absolute atomic E-state index is 5.34. The van der Waals surface area contributed by atoms with E-state index in [1.54, 1.807) is 7.11 Å². The lowest BCUT2D eigenvalue weighted by Crippen LogP contribution is -2.40. The number of hydrogen-bond donors (Lipinski definition) is 1. The van der Waals surface area contributed by atoms with E-state index in [1.807, 2.05) is 19.1 Å². The van der Waals surface area contributed by atoms with Crippen molar-refractivity contribution in [2.24, 2.45) is 0 Å². The number of rotatable bonds is 6. The van der Waals surface area contributed by atoms with E-state index >= 15 is 0 Å². The van der Waals surface area contributed by atoms with Gasteiger partial charge in [0.1, 0.15) is 5.75 Å². The summed E-state index contributed by atoms with van der Waals surface area (Å²) >= 11 is 0. The van der Waals surface area contributed by atoms with Crippen LogP contribution in [0.3, 0.4) is 0 Å². The number of nitrogens with one attached hydrogen (secondary N) is 1. The lowest BCUT2D eigenvalue weighted by molar-refractivity contribution is 0.166. The summed E-state index contributed by atoms with van der Waals surface area (Å²) in [6, 6.07) is 5.42. The Bertz CT molecular complexity index is 442. The first-order chi connectivity index (χ1) is 10.1. The van der Waals surface area contributed by atoms with Gasteiger partial charge in [-0.2, -0.15) is 0 Å². The second-order valence-electron chi connectivity index (χ2n) is 6.12. The number of ether oxygens (including phenoxy) is 1. The van der Waals surface area contributed by atoms with E-state index in [9.17, 15) is 0 Å². The third kappa shape index (κ3) is 4.68. The molecule has 0 spiro atoms. The Labute approximate surface area is 128 Å². The molecule has 1 aromatic rings. The van der Waals surface area contributed by atoms with Gasteiger partial charge in [0.05, 0.1) is 12.8 Å². The Hall–Kier alpha value is -1.13. The molecule has 1 aliphatic rings. The van der Waals surface area contributed by atoms with E-state index in [2.05, 4.69) is 29.2 Å². The molecule has 1 N–H and O–H groups in total. The van der Waals surface area contributed by atoms with Crippen LogP contribution in [0.2, 0.25) is 0 Å². The molecule has 1 heterocycles. The highest BCUT2D eigenvalue weighted by Gasteiger charge is 2.23. The van der Waals surface area contributed by atoms with Gasteiger partial charge < -0.3 is 10.1 Å². The van der Waals surface area contributed by atoms with E-state index < -0.39 is 0 Å². The third-order valence-electron chi connectivity index (χ3n) is 4.44. The average Bonchev–Trinajstić information content (AvgIpc) is 2.47. The van der Waals surface area contributed by atoms with Crippen LogP contribution in [0, 0.1) is 6.92 Å². The summed E-state index contributed by atoms with van der Waals surface area (Å²) in [6.07, 6.45) is 5.12. The van der Waals surface area contributed by atoms with Crippen LogP contribution in [0.5, 0.6) is 5.75 Å². The molecule has 0 radical (unpaired) electrons. The molecular formula is C17H29N3O. The summed E-state index contributed by atoms with van der Waals surface area (Å²) in [5, 5.41) is 3.57. The van der Waals surface area contributed by atoms with Crippen LogP contribution in [0.15, 0.2) is 12.1 Å². The van der Waals surface area contributed by atoms with Gasteiger partial charge in [0.15, 0.2) is 0 Å². The minimum Gasteiger partial charge on any atom is -0.497 e. The Morgan fingerprint density at radius 2 is 2.00 bits per heavy atom. The van der Waals surface area contributed by atoms with Crippen molar-refractivity contribution in [3.8, 4) is 5.75 Å². The molecule has 118 valence electrons. The summed E-state index contributed by atoms with van der Waals surface area (Å²) in [7, 11) is 3.93. The van der Waals surface area contributed by atoms with E-state index in [0.717, 1.165) is 36.3 Å². The monoisotopic (exact) mass is 291 g/mol. The summed E-state index contributed by atoms with van der Waals surface area (Å²) < 4.78 is 5.34. The molecule has 2 rings (SSSR count). The molecular weight excluding hydrogens is 262 g/mol. The maximum atomic E-state index is 5.34. The van der Waals surface area contributed by atoms with Crippen LogP contribution >= 0.6 is 0 Å². The molecule has 0 amide bonds. The van der Waals surface area contributed by atoms with Gasteiger partial charge in [-0.15, -0.1) is 0 Å². The van der Waals surface area contributed by atoms with Gasteiger partial charge in [-0.05, 0) is 46.2 Å². The molecule has 0 bridgehead atoms. The third-order valence-corrected chi connectivity index (χ3v) is 4.44. The standard InChI is InChI=1S/C17H29N3O/c1-5-18-14-6-8-16(9-7-14)20(3)12-15-11-17(21-4)10-13(2)19-15/h10-11,14,16,18H,5-9,12H2,1-4H3. The molecule has 0 aliphatic heterocycles. The van der Waals surface area contributed by atoms with Crippen LogP contribution in [0.1, 0.15) is 44.0 Å². The van der Waals surface area contributed by atoms with Crippen molar-refractivity contribution in [2.45, 2.75) is 58.2 Å². The topological polar surface area (TPSA) is 37.4 Å². The zero-order chi connectivity index (χ0) is 15.2. The molecule has 1 saturated carbocycles. The molecule has 1 fully saturated rings. The highest BCUT2D eigenvalue weighted by atomic mass is 16.5. The average molecular weight is 291 g/mol. The van der Waals surface area contributed by atoms with Gasteiger partial charge in [-0.1, -0.05) is 6.92 Å². The highest BCUT2D eigenvalue weighted by molar-refractivity contribution is 5.26. The molecule has 1 aliphatic carbocycles. The SMILES string of the molecule is CCNC1CCC(N(C)Cc2cc(OC)cc(C)n2)CC1. The normalized spacial score (nSPS) is 22.5. The van der Waals surface area contributed by atoms with Gasteiger partial charge in [-0.3, -0.25) is 9.88 Å². The van der Waals surface area contributed by atoms with Crippen LogP contribution in [0.25, 0.3) is 0 Å². The molecule has 0 atom stereocenters. The summed E-state index contributed by atoms with van der Waals surface area (Å²) in [6.45, 7) is 6.19. The van der Waals surface area contributed by atoms with Crippen molar-refractivity contribution in [1.82, 2.24) is 15.2 Å². The molecule has 1 aromatic heterocycles. The minimum absolute atomic E-state index is 0.674.